The molecule has 1 unspecified atom stereocenters. The van der Waals surface area contributed by atoms with Crippen LogP contribution < -0.4 is 9.64 Å². The van der Waals surface area contributed by atoms with E-state index in [4.69, 9.17) is 4.74 Å². The number of ether oxygens (including phenoxy) is 1. The molecule has 0 radical (unpaired) electrons. The quantitative estimate of drug-likeness (QED) is 0.600. The second-order valence-corrected chi connectivity index (χ2v) is 7.55. The van der Waals surface area contributed by atoms with Gasteiger partial charge in [-0.3, -0.25) is 4.79 Å². The molecule has 1 fully saturated rings. The third kappa shape index (κ3) is 5.20. The van der Waals surface area contributed by atoms with E-state index in [9.17, 15) is 22.4 Å². The highest BCUT2D eigenvalue weighted by molar-refractivity contribution is 9.10. The van der Waals surface area contributed by atoms with E-state index < -0.39 is 23.7 Å². The zero-order valence-electron chi connectivity index (χ0n) is 15.5. The van der Waals surface area contributed by atoms with Gasteiger partial charge in [0.15, 0.2) is 6.10 Å². The molecule has 3 rings (SSSR count). The lowest BCUT2D eigenvalue weighted by atomic mass is 10.1. The number of hydrogen-bond acceptors (Lipinski definition) is 3. The van der Waals surface area contributed by atoms with Gasteiger partial charge in [0, 0.05) is 31.9 Å². The van der Waals surface area contributed by atoms with Crippen molar-refractivity contribution in [1.29, 1.82) is 0 Å². The lowest BCUT2D eigenvalue weighted by Gasteiger charge is -2.37. The minimum Gasteiger partial charge on any atom is -0.480 e. The number of alkyl halides is 3. The van der Waals surface area contributed by atoms with E-state index >= 15 is 0 Å². The van der Waals surface area contributed by atoms with Crippen LogP contribution >= 0.6 is 15.9 Å². The van der Waals surface area contributed by atoms with E-state index in [1.54, 1.807) is 17.9 Å². The first-order valence-electron chi connectivity index (χ1n) is 8.98. The fourth-order valence-electron chi connectivity index (χ4n) is 3.13. The average Bonchev–Trinajstić information content (AvgIpc) is 2.69. The molecular weight excluding hydrogens is 456 g/mol. The number of piperazine rings is 1. The molecule has 1 heterocycles. The Morgan fingerprint density at radius 1 is 1.10 bits per heavy atom. The molecule has 0 saturated carbocycles. The number of hydrogen-bond donors (Lipinski definition) is 0. The van der Waals surface area contributed by atoms with Crippen LogP contribution in [0.2, 0.25) is 0 Å². The van der Waals surface area contributed by atoms with Gasteiger partial charge in [0.2, 0.25) is 0 Å². The van der Waals surface area contributed by atoms with Gasteiger partial charge in [-0.25, -0.2) is 4.39 Å². The zero-order valence-corrected chi connectivity index (χ0v) is 17.1. The maximum atomic E-state index is 13.2. The molecule has 0 aliphatic carbocycles. The minimum atomic E-state index is -4.39. The molecule has 1 aliphatic rings. The van der Waals surface area contributed by atoms with Crippen LogP contribution in [0.15, 0.2) is 46.9 Å². The molecule has 1 atom stereocenters. The van der Waals surface area contributed by atoms with Gasteiger partial charge in [-0.1, -0.05) is 6.07 Å². The molecular formula is C20H19BrF4N2O2. The van der Waals surface area contributed by atoms with Gasteiger partial charge in [0.1, 0.15) is 11.6 Å². The van der Waals surface area contributed by atoms with Gasteiger partial charge in [0.25, 0.3) is 5.91 Å². The largest absolute Gasteiger partial charge is 0.480 e. The highest BCUT2D eigenvalue weighted by atomic mass is 79.9. The summed E-state index contributed by atoms with van der Waals surface area (Å²) < 4.78 is 58.0. The first-order valence-corrected chi connectivity index (χ1v) is 9.77. The van der Waals surface area contributed by atoms with E-state index in [0.717, 1.165) is 12.1 Å². The van der Waals surface area contributed by atoms with Gasteiger partial charge in [-0.15, -0.1) is 0 Å². The molecule has 9 heteroatoms. The number of rotatable bonds is 4. The summed E-state index contributed by atoms with van der Waals surface area (Å²) in [4.78, 5) is 16.1. The molecule has 2 aromatic carbocycles. The Kier molecular flexibility index (Phi) is 6.36. The van der Waals surface area contributed by atoms with E-state index in [0.29, 0.717) is 42.1 Å². The summed E-state index contributed by atoms with van der Waals surface area (Å²) in [5, 5.41) is 0. The van der Waals surface area contributed by atoms with Crippen LogP contribution in [0.1, 0.15) is 12.5 Å². The van der Waals surface area contributed by atoms with Crippen molar-refractivity contribution in [1.82, 2.24) is 4.90 Å². The Morgan fingerprint density at radius 2 is 1.79 bits per heavy atom. The van der Waals surface area contributed by atoms with E-state index in [-0.39, 0.29) is 5.91 Å². The first kappa shape index (κ1) is 21.4. The molecule has 2 aromatic rings. The molecule has 156 valence electrons. The number of halogens is 5. The number of carbonyl (C=O) groups is 1. The summed E-state index contributed by atoms with van der Waals surface area (Å²) in [6.45, 7) is 3.18. The molecule has 0 N–H and O–H groups in total. The smallest absolute Gasteiger partial charge is 0.416 e. The van der Waals surface area contributed by atoms with Crippen molar-refractivity contribution in [3.05, 3.63) is 58.3 Å². The SMILES string of the molecule is CC(Oc1ccc(F)cc1Br)C(=O)N1CCN(c2cccc(C(F)(F)F)c2)CC1. The molecule has 1 saturated heterocycles. The third-order valence-electron chi connectivity index (χ3n) is 4.68. The standard InChI is InChI=1S/C20H19BrF4N2O2/c1-13(29-18-6-5-15(22)12-17(18)21)19(28)27-9-7-26(8-10-27)16-4-2-3-14(11-16)20(23,24)25/h2-6,11-13H,7-10H2,1H3. The second kappa shape index (κ2) is 8.61. The fourth-order valence-corrected chi connectivity index (χ4v) is 3.58. The second-order valence-electron chi connectivity index (χ2n) is 6.70. The summed E-state index contributed by atoms with van der Waals surface area (Å²) in [6, 6.07) is 9.10. The molecule has 1 aliphatic heterocycles. The van der Waals surface area contributed by atoms with Gasteiger partial charge >= 0.3 is 6.18 Å². The zero-order chi connectivity index (χ0) is 21.2. The molecule has 29 heavy (non-hydrogen) atoms. The maximum Gasteiger partial charge on any atom is 0.416 e. The molecule has 0 aromatic heterocycles. The van der Waals surface area contributed by atoms with Crippen molar-refractivity contribution in [3.63, 3.8) is 0 Å². The first-order chi connectivity index (χ1) is 13.6. The minimum absolute atomic E-state index is 0.232. The highest BCUT2D eigenvalue weighted by Crippen LogP contribution is 2.32. The highest BCUT2D eigenvalue weighted by Gasteiger charge is 2.31. The van der Waals surface area contributed by atoms with Crippen molar-refractivity contribution in [2.75, 3.05) is 31.1 Å². The lowest BCUT2D eigenvalue weighted by Crippen LogP contribution is -2.52. The summed E-state index contributed by atoms with van der Waals surface area (Å²) >= 11 is 3.20. The fraction of sp³-hybridized carbons (Fsp3) is 0.350. The molecule has 0 spiro atoms. The van der Waals surface area contributed by atoms with Crippen molar-refractivity contribution < 1.29 is 27.1 Å². The predicted octanol–water partition coefficient (Wildman–Crippen LogP) is 4.72. The van der Waals surface area contributed by atoms with Crippen molar-refractivity contribution in [2.45, 2.75) is 19.2 Å². The number of nitrogens with zero attached hydrogens (tertiary/aromatic N) is 2. The summed E-state index contributed by atoms with van der Waals surface area (Å²) in [5.74, 6) is -0.298. The van der Waals surface area contributed by atoms with Crippen LogP contribution in [0.4, 0.5) is 23.2 Å². The number of amides is 1. The van der Waals surface area contributed by atoms with Crippen molar-refractivity contribution in [3.8, 4) is 5.75 Å². The number of carbonyl (C=O) groups excluding carboxylic acids is 1. The van der Waals surface area contributed by atoms with Gasteiger partial charge < -0.3 is 14.5 Å². The number of benzene rings is 2. The molecule has 4 nitrogen and oxygen atoms in total. The van der Waals surface area contributed by atoms with E-state index in [2.05, 4.69) is 15.9 Å². The summed E-state index contributed by atoms with van der Waals surface area (Å²) in [5.41, 5.74) is -0.216. The van der Waals surface area contributed by atoms with Gasteiger partial charge in [0.05, 0.1) is 10.0 Å². The normalized spacial score (nSPS) is 15.9. The summed E-state index contributed by atoms with van der Waals surface area (Å²) in [6.07, 6.45) is -5.17. The Hall–Kier alpha value is -2.29. The van der Waals surface area contributed by atoms with E-state index in [1.165, 1.54) is 24.3 Å². The van der Waals surface area contributed by atoms with Crippen molar-refractivity contribution in [2.24, 2.45) is 0 Å². The van der Waals surface area contributed by atoms with Crippen LogP contribution in [-0.2, 0) is 11.0 Å². The number of anilines is 1. The monoisotopic (exact) mass is 474 g/mol. The van der Waals surface area contributed by atoms with Crippen LogP contribution in [0.25, 0.3) is 0 Å². The Labute approximate surface area is 174 Å². The Bertz CT molecular complexity index is 883. The third-order valence-corrected chi connectivity index (χ3v) is 5.30. The summed E-state index contributed by atoms with van der Waals surface area (Å²) in [7, 11) is 0. The Balaban J connectivity index is 1.59. The Morgan fingerprint density at radius 3 is 2.41 bits per heavy atom. The van der Waals surface area contributed by atoms with E-state index in [1.807, 2.05) is 4.90 Å². The topological polar surface area (TPSA) is 32.8 Å². The van der Waals surface area contributed by atoms with Gasteiger partial charge in [-0.2, -0.15) is 13.2 Å². The van der Waals surface area contributed by atoms with Crippen LogP contribution in [-0.4, -0.2) is 43.1 Å². The van der Waals surface area contributed by atoms with Crippen molar-refractivity contribution >= 4 is 27.5 Å². The van der Waals surface area contributed by atoms with Crippen LogP contribution in [0.3, 0.4) is 0 Å². The maximum absolute atomic E-state index is 13.2. The molecule has 1 amide bonds. The average molecular weight is 475 g/mol. The van der Waals surface area contributed by atoms with Gasteiger partial charge in [-0.05, 0) is 59.3 Å². The lowest BCUT2D eigenvalue weighted by molar-refractivity contribution is -0.138. The molecule has 0 bridgehead atoms. The van der Waals surface area contributed by atoms with Crippen LogP contribution in [0.5, 0.6) is 5.75 Å². The van der Waals surface area contributed by atoms with Crippen LogP contribution in [0, 0.1) is 5.82 Å². The predicted molar refractivity (Wildman–Crippen MR) is 104 cm³/mol.